The number of hydrogen-bond acceptors (Lipinski definition) is 2. The second-order valence-corrected chi connectivity index (χ2v) is 4.84. The van der Waals surface area contributed by atoms with Gasteiger partial charge in [-0.25, -0.2) is 0 Å². The van der Waals surface area contributed by atoms with Gasteiger partial charge in [0.15, 0.2) is 0 Å². The van der Waals surface area contributed by atoms with Gasteiger partial charge in [-0.15, -0.1) is 0 Å². The summed E-state index contributed by atoms with van der Waals surface area (Å²) in [5.74, 6) is 0. The summed E-state index contributed by atoms with van der Waals surface area (Å²) in [5.41, 5.74) is 3.88. The topological polar surface area (TPSA) is 42.1 Å². The first-order valence-electron chi connectivity index (χ1n) is 7.24. The van der Waals surface area contributed by atoms with Crippen LogP contribution in [0.25, 0.3) is 5.57 Å². The van der Waals surface area contributed by atoms with Crippen molar-refractivity contribution in [2.45, 2.75) is 33.5 Å². The smallest absolute Gasteiger partial charge is 0.254 e. The highest BCUT2D eigenvalue weighted by molar-refractivity contribution is 5.67. The van der Waals surface area contributed by atoms with Gasteiger partial charge in [-0.1, -0.05) is 43.3 Å². The zero-order valence-electron chi connectivity index (χ0n) is 12.6. The van der Waals surface area contributed by atoms with Gasteiger partial charge in [-0.2, -0.15) is 0 Å². The summed E-state index contributed by atoms with van der Waals surface area (Å²) >= 11 is 0. The first-order valence-corrected chi connectivity index (χ1v) is 7.24. The molecule has 0 aliphatic rings. The molecule has 110 valence electrons. The molecule has 0 saturated heterocycles. The first-order chi connectivity index (χ1) is 10.3. The van der Waals surface area contributed by atoms with Crippen LogP contribution in [-0.4, -0.2) is 4.98 Å². The Balaban J connectivity index is 2.14. The zero-order chi connectivity index (χ0) is 15.1. The Morgan fingerprint density at radius 2 is 1.95 bits per heavy atom. The standard InChI is InChI=1S/C18H21NO2/c1-3-15(4-2)16-10-11-19-18(20)17(16)13-21-12-14-8-6-5-7-9-14/h3,5-11H,4,12-13H2,1-2H3,(H,19,20)/b15-3-. The molecule has 1 aromatic heterocycles. The van der Waals surface area contributed by atoms with Crippen molar-refractivity contribution in [2.75, 3.05) is 0 Å². The van der Waals surface area contributed by atoms with Crippen molar-refractivity contribution in [3.63, 3.8) is 0 Å². The Hall–Kier alpha value is -2.13. The number of allylic oxidation sites excluding steroid dienone is 2. The molecule has 21 heavy (non-hydrogen) atoms. The summed E-state index contributed by atoms with van der Waals surface area (Å²) in [6.45, 7) is 4.91. The summed E-state index contributed by atoms with van der Waals surface area (Å²) in [7, 11) is 0. The highest BCUT2D eigenvalue weighted by atomic mass is 16.5. The third-order valence-electron chi connectivity index (χ3n) is 3.50. The van der Waals surface area contributed by atoms with Crippen LogP contribution < -0.4 is 5.56 Å². The van der Waals surface area contributed by atoms with E-state index in [1.165, 1.54) is 5.57 Å². The molecule has 1 aromatic carbocycles. The van der Waals surface area contributed by atoms with Crippen LogP contribution in [0.4, 0.5) is 0 Å². The van der Waals surface area contributed by atoms with Crippen molar-refractivity contribution in [3.8, 4) is 0 Å². The maximum Gasteiger partial charge on any atom is 0.254 e. The van der Waals surface area contributed by atoms with E-state index in [1.54, 1.807) is 6.20 Å². The second-order valence-electron chi connectivity index (χ2n) is 4.84. The quantitative estimate of drug-likeness (QED) is 0.873. The van der Waals surface area contributed by atoms with Gasteiger partial charge in [-0.05, 0) is 36.1 Å². The molecular weight excluding hydrogens is 262 g/mol. The van der Waals surface area contributed by atoms with Crippen molar-refractivity contribution in [3.05, 3.63) is 75.7 Å². The molecule has 2 aromatic rings. The predicted molar refractivity (Wildman–Crippen MR) is 85.9 cm³/mol. The van der Waals surface area contributed by atoms with Gasteiger partial charge in [0, 0.05) is 6.20 Å². The van der Waals surface area contributed by atoms with E-state index in [0.717, 1.165) is 17.5 Å². The number of ether oxygens (including phenoxy) is 1. The average Bonchev–Trinajstić information content (AvgIpc) is 2.52. The molecule has 0 aliphatic heterocycles. The lowest BCUT2D eigenvalue weighted by Gasteiger charge is -2.11. The van der Waals surface area contributed by atoms with Crippen LogP contribution >= 0.6 is 0 Å². The monoisotopic (exact) mass is 283 g/mol. The molecule has 0 radical (unpaired) electrons. The van der Waals surface area contributed by atoms with E-state index in [9.17, 15) is 4.79 Å². The molecule has 0 spiro atoms. The summed E-state index contributed by atoms with van der Waals surface area (Å²) in [6.07, 6.45) is 4.64. The molecule has 0 unspecified atom stereocenters. The van der Waals surface area contributed by atoms with Crippen LogP contribution in [0.3, 0.4) is 0 Å². The Morgan fingerprint density at radius 3 is 2.62 bits per heavy atom. The third-order valence-corrected chi connectivity index (χ3v) is 3.50. The van der Waals surface area contributed by atoms with Crippen LogP contribution in [-0.2, 0) is 18.0 Å². The van der Waals surface area contributed by atoms with Gasteiger partial charge in [0.1, 0.15) is 0 Å². The van der Waals surface area contributed by atoms with Crippen LogP contribution in [0.15, 0.2) is 53.5 Å². The van der Waals surface area contributed by atoms with Crippen LogP contribution in [0.1, 0.15) is 37.0 Å². The van der Waals surface area contributed by atoms with E-state index in [1.807, 2.05) is 43.3 Å². The Labute approximate surface area is 125 Å². The summed E-state index contributed by atoms with van der Waals surface area (Å²) in [4.78, 5) is 14.8. The molecule has 0 aliphatic carbocycles. The van der Waals surface area contributed by atoms with Crippen molar-refractivity contribution in [1.82, 2.24) is 4.98 Å². The average molecular weight is 283 g/mol. The minimum Gasteiger partial charge on any atom is -0.372 e. The highest BCUT2D eigenvalue weighted by Crippen LogP contribution is 2.20. The lowest BCUT2D eigenvalue weighted by Crippen LogP contribution is -2.16. The molecule has 0 bridgehead atoms. The SMILES string of the molecule is C/C=C(/CC)c1cc[nH]c(=O)c1COCc1ccccc1. The number of H-pyrrole nitrogens is 1. The maximum atomic E-state index is 12.1. The minimum absolute atomic E-state index is 0.0756. The number of aromatic nitrogens is 1. The van der Waals surface area contributed by atoms with E-state index in [2.05, 4.69) is 18.0 Å². The Kier molecular flexibility index (Phi) is 5.52. The lowest BCUT2D eigenvalue weighted by atomic mass is 10.00. The predicted octanol–water partition coefficient (Wildman–Crippen LogP) is 3.91. The summed E-state index contributed by atoms with van der Waals surface area (Å²) < 4.78 is 5.72. The number of hydrogen-bond donors (Lipinski definition) is 1. The van der Waals surface area contributed by atoms with E-state index >= 15 is 0 Å². The van der Waals surface area contributed by atoms with E-state index in [-0.39, 0.29) is 5.56 Å². The van der Waals surface area contributed by atoms with Crippen molar-refractivity contribution >= 4 is 5.57 Å². The molecule has 2 rings (SSSR count). The lowest BCUT2D eigenvalue weighted by molar-refractivity contribution is 0.106. The van der Waals surface area contributed by atoms with Gasteiger partial charge < -0.3 is 9.72 Å². The van der Waals surface area contributed by atoms with Gasteiger partial charge in [0.25, 0.3) is 5.56 Å². The van der Waals surface area contributed by atoms with E-state index in [0.29, 0.717) is 18.8 Å². The van der Waals surface area contributed by atoms with E-state index in [4.69, 9.17) is 4.74 Å². The highest BCUT2D eigenvalue weighted by Gasteiger charge is 2.10. The number of pyridine rings is 1. The fourth-order valence-corrected chi connectivity index (χ4v) is 2.35. The second kappa shape index (κ2) is 7.60. The molecule has 0 atom stereocenters. The van der Waals surface area contributed by atoms with Crippen molar-refractivity contribution in [1.29, 1.82) is 0 Å². The summed E-state index contributed by atoms with van der Waals surface area (Å²) in [5, 5.41) is 0. The largest absolute Gasteiger partial charge is 0.372 e. The van der Waals surface area contributed by atoms with Crippen LogP contribution in [0.5, 0.6) is 0 Å². The third kappa shape index (κ3) is 3.92. The Bertz CT molecular complexity index is 656. The molecule has 1 N–H and O–H groups in total. The maximum absolute atomic E-state index is 12.1. The summed E-state index contributed by atoms with van der Waals surface area (Å²) in [6, 6.07) is 11.9. The van der Waals surface area contributed by atoms with Gasteiger partial charge in [0.05, 0.1) is 18.8 Å². The van der Waals surface area contributed by atoms with Gasteiger partial charge in [-0.3, -0.25) is 4.79 Å². The number of aromatic amines is 1. The fraction of sp³-hybridized carbons (Fsp3) is 0.278. The minimum atomic E-state index is -0.0756. The molecule has 3 heteroatoms. The molecule has 1 heterocycles. The van der Waals surface area contributed by atoms with Crippen LogP contribution in [0.2, 0.25) is 0 Å². The molecule has 3 nitrogen and oxygen atoms in total. The van der Waals surface area contributed by atoms with Crippen molar-refractivity contribution < 1.29 is 4.74 Å². The van der Waals surface area contributed by atoms with E-state index < -0.39 is 0 Å². The first kappa shape index (κ1) is 15.3. The molecule has 0 saturated carbocycles. The number of benzene rings is 1. The molecular formula is C18H21NO2. The zero-order valence-corrected chi connectivity index (χ0v) is 12.6. The fourth-order valence-electron chi connectivity index (χ4n) is 2.35. The van der Waals surface area contributed by atoms with Crippen LogP contribution in [0, 0.1) is 0 Å². The van der Waals surface area contributed by atoms with Gasteiger partial charge in [0.2, 0.25) is 0 Å². The Morgan fingerprint density at radius 1 is 1.19 bits per heavy atom. The molecule has 0 amide bonds. The normalized spacial score (nSPS) is 11.6. The number of rotatable bonds is 6. The van der Waals surface area contributed by atoms with Crippen molar-refractivity contribution in [2.24, 2.45) is 0 Å². The number of nitrogens with one attached hydrogen (secondary N) is 1. The molecule has 0 fully saturated rings. The van der Waals surface area contributed by atoms with Gasteiger partial charge >= 0.3 is 0 Å².